The van der Waals surface area contributed by atoms with E-state index in [1.165, 1.54) is 5.56 Å². The fourth-order valence-electron chi connectivity index (χ4n) is 3.17. The van der Waals surface area contributed by atoms with E-state index in [1.54, 1.807) is 0 Å². The largest absolute Gasteiger partial charge is 0.447 e. The molecule has 5 nitrogen and oxygen atoms in total. The quantitative estimate of drug-likeness (QED) is 0.876. The van der Waals surface area contributed by atoms with Crippen LogP contribution in [-0.4, -0.2) is 47.4 Å². The van der Waals surface area contributed by atoms with Gasteiger partial charge >= 0.3 is 6.09 Å². The maximum atomic E-state index is 11.8. The van der Waals surface area contributed by atoms with Crippen molar-refractivity contribution < 1.29 is 14.6 Å². The number of amides is 1. The molecule has 5 heteroatoms. The molecule has 1 amide bonds. The second kappa shape index (κ2) is 8.31. The summed E-state index contributed by atoms with van der Waals surface area (Å²) in [6.45, 7) is 7.24. The fraction of sp³-hybridized carbons (Fsp3) is 0.611. The van der Waals surface area contributed by atoms with Crippen LogP contribution in [0.1, 0.15) is 45.2 Å². The first-order valence-electron chi connectivity index (χ1n) is 8.45. The minimum absolute atomic E-state index is 0.167. The van der Waals surface area contributed by atoms with Crippen LogP contribution in [0.3, 0.4) is 0 Å². The number of rotatable bonds is 5. The van der Waals surface area contributed by atoms with Crippen LogP contribution in [0.5, 0.6) is 0 Å². The minimum Gasteiger partial charge on any atom is -0.447 e. The predicted octanol–water partition coefficient (Wildman–Crippen LogP) is 2.71. The summed E-state index contributed by atoms with van der Waals surface area (Å²) in [5.41, 5.74) is 1.27. The van der Waals surface area contributed by atoms with Crippen molar-refractivity contribution in [3.05, 3.63) is 35.9 Å². The lowest BCUT2D eigenvalue weighted by atomic mass is 9.96. The van der Waals surface area contributed by atoms with E-state index in [9.17, 15) is 9.90 Å². The Morgan fingerprint density at radius 1 is 1.39 bits per heavy atom. The number of carbonyl (C=O) groups excluding carboxylic acids is 1. The van der Waals surface area contributed by atoms with E-state index in [-0.39, 0.29) is 12.1 Å². The monoisotopic (exact) mass is 320 g/mol. The van der Waals surface area contributed by atoms with Gasteiger partial charge in [0, 0.05) is 19.1 Å². The standard InChI is InChI=1S/C18H28N2O3/c1-4-16(14-8-6-5-7-9-14)20-11-10-17(21)15(12-20)19-18(22)23-13(2)3/h5-9,13,15-17,21H,4,10-12H2,1-3H3,(H,19,22)/t15-,16?,17-/m1/s1. The van der Waals surface area contributed by atoms with Crippen molar-refractivity contribution in [1.29, 1.82) is 0 Å². The third-order valence-electron chi connectivity index (χ3n) is 4.27. The van der Waals surface area contributed by atoms with Crippen LogP contribution in [-0.2, 0) is 4.74 Å². The van der Waals surface area contributed by atoms with Gasteiger partial charge in [0.05, 0.1) is 18.2 Å². The molecule has 0 bridgehead atoms. The molecule has 1 aliphatic heterocycles. The van der Waals surface area contributed by atoms with Gasteiger partial charge in [-0.2, -0.15) is 0 Å². The summed E-state index contributed by atoms with van der Waals surface area (Å²) in [6, 6.07) is 10.4. The highest BCUT2D eigenvalue weighted by Crippen LogP contribution is 2.27. The van der Waals surface area contributed by atoms with Crippen molar-refractivity contribution in [1.82, 2.24) is 10.2 Å². The van der Waals surface area contributed by atoms with Crippen LogP contribution >= 0.6 is 0 Å². The molecular formula is C18H28N2O3. The van der Waals surface area contributed by atoms with Crippen LogP contribution in [0.2, 0.25) is 0 Å². The van der Waals surface area contributed by atoms with E-state index in [0.29, 0.717) is 19.0 Å². The summed E-state index contributed by atoms with van der Waals surface area (Å²) in [7, 11) is 0. The number of nitrogens with zero attached hydrogens (tertiary/aromatic N) is 1. The van der Waals surface area contributed by atoms with Crippen molar-refractivity contribution >= 4 is 6.09 Å². The molecule has 0 aliphatic carbocycles. The van der Waals surface area contributed by atoms with E-state index in [2.05, 4.69) is 29.3 Å². The number of ether oxygens (including phenoxy) is 1. The van der Waals surface area contributed by atoms with Crippen molar-refractivity contribution in [2.75, 3.05) is 13.1 Å². The lowest BCUT2D eigenvalue weighted by Gasteiger charge is -2.40. The maximum absolute atomic E-state index is 11.8. The Kier molecular flexibility index (Phi) is 6.42. The van der Waals surface area contributed by atoms with Crippen LogP contribution in [0, 0.1) is 0 Å². The highest BCUT2D eigenvalue weighted by Gasteiger charge is 2.32. The van der Waals surface area contributed by atoms with Gasteiger partial charge in [-0.05, 0) is 32.3 Å². The van der Waals surface area contributed by atoms with E-state index < -0.39 is 12.2 Å². The van der Waals surface area contributed by atoms with Gasteiger partial charge in [0.1, 0.15) is 0 Å². The predicted molar refractivity (Wildman–Crippen MR) is 90.2 cm³/mol. The zero-order valence-corrected chi connectivity index (χ0v) is 14.2. The molecule has 2 rings (SSSR count). The number of carbonyl (C=O) groups is 1. The molecular weight excluding hydrogens is 292 g/mol. The van der Waals surface area contributed by atoms with E-state index in [0.717, 1.165) is 13.0 Å². The van der Waals surface area contributed by atoms with Gasteiger partial charge in [-0.25, -0.2) is 4.79 Å². The average molecular weight is 320 g/mol. The Hall–Kier alpha value is -1.59. The topological polar surface area (TPSA) is 61.8 Å². The summed E-state index contributed by atoms with van der Waals surface area (Å²) in [5.74, 6) is 0. The van der Waals surface area contributed by atoms with Gasteiger partial charge in [0.25, 0.3) is 0 Å². The molecule has 0 spiro atoms. The molecule has 1 aromatic rings. The normalized spacial score (nSPS) is 23.5. The first-order chi connectivity index (χ1) is 11.0. The number of hydrogen-bond acceptors (Lipinski definition) is 4. The number of aliphatic hydroxyl groups is 1. The third-order valence-corrected chi connectivity index (χ3v) is 4.27. The first kappa shape index (κ1) is 17.8. The summed E-state index contributed by atoms with van der Waals surface area (Å²) < 4.78 is 5.13. The molecule has 1 saturated heterocycles. The maximum Gasteiger partial charge on any atom is 0.407 e. The fourth-order valence-corrected chi connectivity index (χ4v) is 3.17. The minimum atomic E-state index is -0.528. The lowest BCUT2D eigenvalue weighted by Crippen LogP contribution is -2.55. The molecule has 1 heterocycles. The first-order valence-corrected chi connectivity index (χ1v) is 8.45. The number of aliphatic hydroxyl groups excluding tert-OH is 1. The van der Waals surface area contributed by atoms with Crippen LogP contribution in [0.25, 0.3) is 0 Å². The van der Waals surface area contributed by atoms with Gasteiger partial charge in [-0.3, -0.25) is 4.90 Å². The van der Waals surface area contributed by atoms with E-state index in [4.69, 9.17) is 4.74 Å². The number of benzene rings is 1. The zero-order chi connectivity index (χ0) is 16.8. The summed E-state index contributed by atoms with van der Waals surface area (Å²) in [5, 5.41) is 13.0. The molecule has 1 aromatic carbocycles. The SMILES string of the molecule is CCC(c1ccccc1)N1CC[C@@H](O)[C@H](NC(=O)OC(C)C)C1. The number of nitrogens with one attached hydrogen (secondary N) is 1. The molecule has 1 aliphatic rings. The second-order valence-electron chi connectivity index (χ2n) is 6.39. The summed E-state index contributed by atoms with van der Waals surface area (Å²) in [6.07, 6.45) is 0.483. The van der Waals surface area contributed by atoms with Crippen molar-refractivity contribution in [3.63, 3.8) is 0 Å². The lowest BCUT2D eigenvalue weighted by molar-refractivity contribution is 0.0232. The van der Waals surface area contributed by atoms with Crippen molar-refractivity contribution in [3.8, 4) is 0 Å². The Bertz CT molecular complexity index is 492. The Morgan fingerprint density at radius 3 is 2.70 bits per heavy atom. The third kappa shape index (κ3) is 4.94. The number of hydrogen-bond donors (Lipinski definition) is 2. The molecule has 3 atom stereocenters. The van der Waals surface area contributed by atoms with Gasteiger partial charge < -0.3 is 15.2 Å². The molecule has 0 saturated carbocycles. The average Bonchev–Trinajstić information content (AvgIpc) is 2.51. The van der Waals surface area contributed by atoms with Crippen LogP contribution in [0.15, 0.2) is 30.3 Å². The molecule has 0 radical (unpaired) electrons. The smallest absolute Gasteiger partial charge is 0.407 e. The van der Waals surface area contributed by atoms with Gasteiger partial charge in [-0.1, -0.05) is 37.3 Å². The zero-order valence-electron chi connectivity index (χ0n) is 14.2. The van der Waals surface area contributed by atoms with Crippen molar-refractivity contribution in [2.24, 2.45) is 0 Å². The molecule has 1 fully saturated rings. The molecule has 1 unspecified atom stereocenters. The second-order valence-corrected chi connectivity index (χ2v) is 6.39. The summed E-state index contributed by atoms with van der Waals surface area (Å²) in [4.78, 5) is 14.2. The summed E-state index contributed by atoms with van der Waals surface area (Å²) >= 11 is 0. The highest BCUT2D eigenvalue weighted by molar-refractivity contribution is 5.67. The number of piperidine rings is 1. The van der Waals surface area contributed by atoms with E-state index >= 15 is 0 Å². The van der Waals surface area contributed by atoms with Gasteiger partial charge in [0.15, 0.2) is 0 Å². The number of alkyl carbamates (subject to hydrolysis) is 1. The molecule has 2 N–H and O–H groups in total. The highest BCUT2D eigenvalue weighted by atomic mass is 16.6. The molecule has 128 valence electrons. The molecule has 0 aromatic heterocycles. The molecule has 23 heavy (non-hydrogen) atoms. The van der Waals surface area contributed by atoms with Crippen LogP contribution in [0.4, 0.5) is 4.79 Å². The Balaban J connectivity index is 2.02. The van der Waals surface area contributed by atoms with Crippen molar-refractivity contribution in [2.45, 2.75) is 57.9 Å². The van der Waals surface area contributed by atoms with Crippen LogP contribution < -0.4 is 5.32 Å². The Labute approximate surface area is 138 Å². The Morgan fingerprint density at radius 2 is 2.09 bits per heavy atom. The van der Waals surface area contributed by atoms with Gasteiger partial charge in [0.2, 0.25) is 0 Å². The van der Waals surface area contributed by atoms with Gasteiger partial charge in [-0.15, -0.1) is 0 Å². The van der Waals surface area contributed by atoms with E-state index in [1.807, 2.05) is 32.0 Å². The number of likely N-dealkylation sites (tertiary alicyclic amines) is 1.